The number of carbonyl (C=O) groups is 1. The predicted molar refractivity (Wildman–Crippen MR) is 143 cm³/mol. The molecular formula is C27H20FN3O3S2. The van der Waals surface area contributed by atoms with Crippen molar-refractivity contribution in [1.82, 2.24) is 14.3 Å². The molecule has 0 bridgehead atoms. The Morgan fingerprint density at radius 3 is 2.56 bits per heavy atom. The minimum atomic E-state index is -0.413. The molecule has 2 aromatic heterocycles. The summed E-state index contributed by atoms with van der Waals surface area (Å²) in [7, 11) is 0. The number of fused-ring (bicyclic) bond motifs is 1. The van der Waals surface area contributed by atoms with Gasteiger partial charge < -0.3 is 4.74 Å². The zero-order valence-electron chi connectivity index (χ0n) is 19.2. The number of thioether (sulfide) groups is 1. The Kier molecular flexibility index (Phi) is 6.67. The number of amides is 1. The van der Waals surface area contributed by atoms with Crippen molar-refractivity contribution in [2.24, 2.45) is 0 Å². The SMILES string of the molecule is Cc1cccn2c(=O)c(/C=C3/SC(=S)N(CCc4ccccc4)C3=O)c(Oc3ccc(F)cc3)nc12. The average Bonchev–Trinajstić information content (AvgIpc) is 3.14. The number of rotatable bonds is 6. The third-order valence-electron chi connectivity index (χ3n) is 5.69. The molecule has 1 saturated heterocycles. The number of aromatic nitrogens is 2. The van der Waals surface area contributed by atoms with Gasteiger partial charge in [0.1, 0.15) is 27.1 Å². The summed E-state index contributed by atoms with van der Waals surface area (Å²) >= 11 is 6.60. The first-order chi connectivity index (χ1) is 17.4. The maximum atomic E-state index is 13.5. The third kappa shape index (κ3) is 4.80. The average molecular weight is 518 g/mol. The van der Waals surface area contributed by atoms with E-state index in [9.17, 15) is 14.0 Å². The van der Waals surface area contributed by atoms with E-state index in [4.69, 9.17) is 17.0 Å². The van der Waals surface area contributed by atoms with Crippen LogP contribution in [0.4, 0.5) is 4.39 Å². The summed E-state index contributed by atoms with van der Waals surface area (Å²) in [5, 5.41) is 0. The van der Waals surface area contributed by atoms with Crippen LogP contribution >= 0.6 is 24.0 Å². The molecule has 3 heterocycles. The normalized spacial score (nSPS) is 14.7. The lowest BCUT2D eigenvalue weighted by Crippen LogP contribution is -2.30. The van der Waals surface area contributed by atoms with E-state index in [1.165, 1.54) is 39.6 Å². The van der Waals surface area contributed by atoms with Crippen molar-refractivity contribution >= 4 is 45.9 Å². The zero-order valence-corrected chi connectivity index (χ0v) is 20.8. The van der Waals surface area contributed by atoms with Crippen LogP contribution in [0.25, 0.3) is 11.7 Å². The molecule has 0 spiro atoms. The van der Waals surface area contributed by atoms with Crippen molar-refractivity contribution in [3.8, 4) is 11.6 Å². The lowest BCUT2D eigenvalue weighted by Gasteiger charge is -2.14. The monoisotopic (exact) mass is 517 g/mol. The van der Waals surface area contributed by atoms with Crippen LogP contribution in [0.1, 0.15) is 16.7 Å². The van der Waals surface area contributed by atoms with Gasteiger partial charge in [0.05, 0.1) is 4.91 Å². The van der Waals surface area contributed by atoms with Crippen LogP contribution < -0.4 is 10.3 Å². The first kappa shape index (κ1) is 23.9. The summed E-state index contributed by atoms with van der Waals surface area (Å²) < 4.78 is 21.1. The summed E-state index contributed by atoms with van der Waals surface area (Å²) in [6.45, 7) is 2.26. The highest BCUT2D eigenvalue weighted by Gasteiger charge is 2.32. The Bertz CT molecular complexity index is 1570. The number of halogens is 1. The van der Waals surface area contributed by atoms with Gasteiger partial charge in [-0.1, -0.05) is 60.4 Å². The van der Waals surface area contributed by atoms with E-state index < -0.39 is 11.4 Å². The van der Waals surface area contributed by atoms with Crippen LogP contribution in [-0.4, -0.2) is 31.1 Å². The van der Waals surface area contributed by atoms with Gasteiger partial charge in [-0.2, -0.15) is 4.98 Å². The number of aryl methyl sites for hydroxylation is 1. The molecule has 1 aliphatic heterocycles. The lowest BCUT2D eigenvalue weighted by molar-refractivity contribution is -0.122. The van der Waals surface area contributed by atoms with E-state index in [-0.39, 0.29) is 17.4 Å². The molecular weight excluding hydrogens is 497 g/mol. The second-order valence-electron chi connectivity index (χ2n) is 8.15. The van der Waals surface area contributed by atoms with Crippen LogP contribution in [-0.2, 0) is 11.2 Å². The number of benzene rings is 2. The van der Waals surface area contributed by atoms with Crippen LogP contribution in [0.3, 0.4) is 0 Å². The summed E-state index contributed by atoms with van der Waals surface area (Å²) in [5.41, 5.74) is 2.00. The van der Waals surface area contributed by atoms with Gasteiger partial charge in [0.2, 0.25) is 5.88 Å². The molecule has 2 aromatic carbocycles. The van der Waals surface area contributed by atoms with Gasteiger partial charge in [0, 0.05) is 12.7 Å². The van der Waals surface area contributed by atoms with Gasteiger partial charge in [0.15, 0.2) is 0 Å². The molecule has 4 aromatic rings. The summed E-state index contributed by atoms with van der Waals surface area (Å²) in [6, 6.07) is 18.8. The highest BCUT2D eigenvalue weighted by Crippen LogP contribution is 2.34. The van der Waals surface area contributed by atoms with Crippen LogP contribution in [0.15, 0.2) is 82.6 Å². The van der Waals surface area contributed by atoms with Gasteiger partial charge >= 0.3 is 0 Å². The minimum Gasteiger partial charge on any atom is -0.438 e. The van der Waals surface area contributed by atoms with Crippen molar-refractivity contribution in [2.45, 2.75) is 13.3 Å². The van der Waals surface area contributed by atoms with Crippen molar-refractivity contribution < 1.29 is 13.9 Å². The summed E-state index contributed by atoms with van der Waals surface area (Å²) in [5.74, 6) is -0.353. The molecule has 180 valence electrons. The molecule has 36 heavy (non-hydrogen) atoms. The number of carbonyl (C=O) groups excluding carboxylic acids is 1. The molecule has 5 rings (SSSR count). The molecule has 9 heteroatoms. The van der Waals surface area contributed by atoms with Crippen LogP contribution in [0.2, 0.25) is 0 Å². The first-order valence-corrected chi connectivity index (χ1v) is 12.4. The smallest absolute Gasteiger partial charge is 0.269 e. The quantitative estimate of drug-likeness (QED) is 0.253. The van der Waals surface area contributed by atoms with E-state index in [2.05, 4.69) is 4.98 Å². The van der Waals surface area contributed by atoms with E-state index in [0.29, 0.717) is 33.6 Å². The van der Waals surface area contributed by atoms with E-state index in [1.54, 1.807) is 12.3 Å². The number of thiocarbonyl (C=S) groups is 1. The van der Waals surface area contributed by atoms with Crippen molar-refractivity contribution in [1.29, 1.82) is 0 Å². The second kappa shape index (κ2) is 10.0. The number of hydrogen-bond acceptors (Lipinski definition) is 6. The maximum absolute atomic E-state index is 13.5. The molecule has 1 fully saturated rings. The number of nitrogens with zero attached hydrogens (tertiary/aromatic N) is 3. The highest BCUT2D eigenvalue weighted by molar-refractivity contribution is 8.26. The molecule has 0 saturated carbocycles. The number of pyridine rings is 1. The Balaban J connectivity index is 1.53. The third-order valence-corrected chi connectivity index (χ3v) is 7.07. The van der Waals surface area contributed by atoms with E-state index >= 15 is 0 Å². The molecule has 6 nitrogen and oxygen atoms in total. The molecule has 0 aliphatic carbocycles. The van der Waals surface area contributed by atoms with Crippen molar-refractivity contribution in [3.63, 3.8) is 0 Å². The van der Waals surface area contributed by atoms with Crippen LogP contribution in [0.5, 0.6) is 11.6 Å². The zero-order chi connectivity index (χ0) is 25.2. The van der Waals surface area contributed by atoms with E-state index in [0.717, 1.165) is 22.9 Å². The standard InChI is InChI=1S/C27H20FN3O3S2/c1-17-6-5-14-30-23(17)29-24(34-20-11-9-19(28)10-12-20)21(25(30)32)16-22-26(33)31(27(35)36-22)15-13-18-7-3-2-4-8-18/h2-12,14,16H,13,15H2,1H3/b22-16+. The largest absolute Gasteiger partial charge is 0.438 e. The first-order valence-electron chi connectivity index (χ1n) is 11.2. The van der Waals surface area contributed by atoms with Gasteiger partial charge in [-0.05, 0) is 60.9 Å². The van der Waals surface area contributed by atoms with Gasteiger partial charge in [-0.15, -0.1) is 0 Å². The van der Waals surface area contributed by atoms with Crippen LogP contribution in [0, 0.1) is 12.7 Å². The Hall–Kier alpha value is -3.82. The molecule has 0 N–H and O–H groups in total. The fraction of sp³-hybridized carbons (Fsp3) is 0.111. The van der Waals surface area contributed by atoms with Gasteiger partial charge in [-0.3, -0.25) is 18.9 Å². The Morgan fingerprint density at radius 2 is 1.81 bits per heavy atom. The maximum Gasteiger partial charge on any atom is 0.269 e. The van der Waals surface area contributed by atoms with E-state index in [1.807, 2.05) is 43.3 Å². The van der Waals surface area contributed by atoms with Crippen molar-refractivity contribution in [3.05, 3.63) is 111 Å². The van der Waals surface area contributed by atoms with Gasteiger partial charge in [-0.25, -0.2) is 4.39 Å². The topological polar surface area (TPSA) is 63.9 Å². The number of ether oxygens (including phenoxy) is 1. The molecule has 0 unspecified atom stereocenters. The minimum absolute atomic E-state index is 0.0236. The molecule has 0 radical (unpaired) electrons. The summed E-state index contributed by atoms with van der Waals surface area (Å²) in [4.78, 5) is 33.1. The lowest BCUT2D eigenvalue weighted by atomic mass is 10.1. The number of hydrogen-bond donors (Lipinski definition) is 0. The van der Waals surface area contributed by atoms with Crippen molar-refractivity contribution in [2.75, 3.05) is 6.54 Å². The molecule has 0 atom stereocenters. The Morgan fingerprint density at radius 1 is 1.06 bits per heavy atom. The molecule has 1 amide bonds. The predicted octanol–water partition coefficient (Wildman–Crippen LogP) is 5.38. The van der Waals surface area contributed by atoms with Gasteiger partial charge in [0.25, 0.3) is 11.5 Å². The molecule has 1 aliphatic rings. The second-order valence-corrected chi connectivity index (χ2v) is 9.82. The highest BCUT2D eigenvalue weighted by atomic mass is 32.2. The fourth-order valence-corrected chi connectivity index (χ4v) is 5.11. The fourth-order valence-electron chi connectivity index (χ4n) is 3.82. The summed E-state index contributed by atoms with van der Waals surface area (Å²) in [6.07, 6.45) is 3.74. The Labute approximate surface area is 216 Å².